The van der Waals surface area contributed by atoms with Crippen molar-refractivity contribution in [3.63, 3.8) is 0 Å². The van der Waals surface area contributed by atoms with Crippen LogP contribution in [0.3, 0.4) is 0 Å². The van der Waals surface area contributed by atoms with Gasteiger partial charge in [-0.2, -0.15) is 0 Å². The molecule has 3 rings (SSSR count). The highest BCUT2D eigenvalue weighted by Gasteiger charge is 2.19. The van der Waals surface area contributed by atoms with E-state index in [0.717, 1.165) is 25.2 Å². The van der Waals surface area contributed by atoms with Crippen LogP contribution in [0.1, 0.15) is 12.2 Å². The van der Waals surface area contributed by atoms with Crippen molar-refractivity contribution in [1.82, 2.24) is 19.9 Å². The molecule has 0 unspecified atom stereocenters. The molecule has 2 aromatic rings. The summed E-state index contributed by atoms with van der Waals surface area (Å²) >= 11 is 0. The Morgan fingerprint density at radius 3 is 3.25 bits per heavy atom. The molecule has 0 aliphatic carbocycles. The van der Waals surface area contributed by atoms with Crippen molar-refractivity contribution in [2.45, 2.75) is 19.4 Å². The lowest BCUT2D eigenvalue weighted by Gasteiger charge is -2.23. The van der Waals surface area contributed by atoms with Gasteiger partial charge in [-0.15, -0.1) is 0 Å². The fraction of sp³-hybridized carbons (Fsp3) is 0.357. The van der Waals surface area contributed by atoms with E-state index < -0.39 is 0 Å². The third-order valence-corrected chi connectivity index (χ3v) is 3.50. The normalized spacial score (nSPS) is 17.3. The van der Waals surface area contributed by atoms with E-state index in [-0.39, 0.29) is 6.03 Å². The highest BCUT2D eigenvalue weighted by atomic mass is 16.2. The van der Waals surface area contributed by atoms with Crippen molar-refractivity contribution in [3.05, 3.63) is 42.7 Å². The second-order valence-electron chi connectivity index (χ2n) is 4.98. The van der Waals surface area contributed by atoms with Crippen LogP contribution in [0.5, 0.6) is 0 Å². The third-order valence-electron chi connectivity index (χ3n) is 3.50. The number of pyridine rings is 1. The van der Waals surface area contributed by atoms with Crippen LogP contribution in [0, 0.1) is 5.92 Å². The number of aromatic nitrogens is 3. The van der Waals surface area contributed by atoms with E-state index in [1.807, 2.05) is 18.5 Å². The molecule has 104 valence electrons. The van der Waals surface area contributed by atoms with E-state index in [9.17, 15) is 4.79 Å². The number of hydrogen-bond donors (Lipinski definition) is 2. The number of hydrogen-bond acceptors (Lipinski definition) is 3. The molecular weight excluding hydrogens is 254 g/mol. The Bertz CT molecular complexity index is 580. The molecule has 0 spiro atoms. The molecule has 0 saturated carbocycles. The summed E-state index contributed by atoms with van der Waals surface area (Å²) < 4.78 is 2.16. The lowest BCUT2D eigenvalue weighted by atomic mass is 9.99. The maximum Gasteiger partial charge on any atom is 0.319 e. The highest BCUT2D eigenvalue weighted by molar-refractivity contribution is 5.88. The maximum absolute atomic E-state index is 11.8. The molecule has 2 N–H and O–H groups in total. The van der Waals surface area contributed by atoms with Crippen LogP contribution < -0.4 is 10.6 Å². The zero-order valence-electron chi connectivity index (χ0n) is 11.1. The van der Waals surface area contributed by atoms with E-state index in [1.165, 1.54) is 0 Å². The zero-order chi connectivity index (χ0) is 13.8. The minimum atomic E-state index is -0.186. The smallest absolute Gasteiger partial charge is 0.319 e. The van der Waals surface area contributed by atoms with Crippen LogP contribution in [0.25, 0.3) is 0 Å². The average molecular weight is 271 g/mol. The van der Waals surface area contributed by atoms with Gasteiger partial charge in [-0.05, 0) is 24.5 Å². The second kappa shape index (κ2) is 5.73. The van der Waals surface area contributed by atoms with Crippen molar-refractivity contribution in [2.24, 2.45) is 5.92 Å². The van der Waals surface area contributed by atoms with Gasteiger partial charge in [-0.1, -0.05) is 0 Å². The van der Waals surface area contributed by atoms with Crippen LogP contribution >= 0.6 is 0 Å². The Morgan fingerprint density at radius 1 is 1.45 bits per heavy atom. The Hall–Kier alpha value is -2.37. The summed E-state index contributed by atoms with van der Waals surface area (Å²) in [6.45, 7) is 1.59. The van der Waals surface area contributed by atoms with Crippen LogP contribution in [0.15, 0.2) is 36.9 Å². The predicted molar refractivity (Wildman–Crippen MR) is 75.3 cm³/mol. The standard InChI is InChI=1S/C14H17N5O/c20-14(18-12-2-1-5-15-9-12)17-8-11-3-4-13-16-6-7-19(13)10-11/h1-2,5-7,9,11H,3-4,8,10H2,(H2,17,18,20)/t11-/m0/s1. The molecule has 6 nitrogen and oxygen atoms in total. The number of anilines is 1. The summed E-state index contributed by atoms with van der Waals surface area (Å²) in [4.78, 5) is 20.0. The molecule has 1 atom stereocenters. The third kappa shape index (κ3) is 2.96. The largest absolute Gasteiger partial charge is 0.338 e. The van der Waals surface area contributed by atoms with Gasteiger partial charge in [-0.25, -0.2) is 9.78 Å². The summed E-state index contributed by atoms with van der Waals surface area (Å²) in [6, 6.07) is 3.41. The first-order valence-corrected chi connectivity index (χ1v) is 6.76. The van der Waals surface area contributed by atoms with E-state index in [0.29, 0.717) is 18.2 Å². The Morgan fingerprint density at radius 2 is 2.40 bits per heavy atom. The topological polar surface area (TPSA) is 71.8 Å². The maximum atomic E-state index is 11.8. The van der Waals surface area contributed by atoms with Gasteiger partial charge >= 0.3 is 6.03 Å². The lowest BCUT2D eigenvalue weighted by Crippen LogP contribution is -2.36. The monoisotopic (exact) mass is 271 g/mol. The minimum absolute atomic E-state index is 0.186. The number of aryl methyl sites for hydroxylation is 1. The second-order valence-corrected chi connectivity index (χ2v) is 4.98. The van der Waals surface area contributed by atoms with E-state index in [2.05, 4.69) is 25.2 Å². The highest BCUT2D eigenvalue weighted by Crippen LogP contribution is 2.17. The molecule has 0 saturated heterocycles. The van der Waals surface area contributed by atoms with Crippen molar-refractivity contribution < 1.29 is 4.79 Å². The molecular formula is C14H17N5O. The van der Waals surface area contributed by atoms with Crippen LogP contribution in [0.2, 0.25) is 0 Å². The number of urea groups is 1. The van der Waals surface area contributed by atoms with Gasteiger partial charge in [0.1, 0.15) is 5.82 Å². The van der Waals surface area contributed by atoms with E-state index in [1.54, 1.807) is 18.5 Å². The number of carbonyl (C=O) groups excluding carboxylic acids is 1. The molecule has 1 aliphatic heterocycles. The fourth-order valence-electron chi connectivity index (χ4n) is 2.45. The van der Waals surface area contributed by atoms with E-state index in [4.69, 9.17) is 0 Å². The number of carbonyl (C=O) groups is 1. The van der Waals surface area contributed by atoms with E-state index >= 15 is 0 Å². The molecule has 0 aromatic carbocycles. The summed E-state index contributed by atoms with van der Waals surface area (Å²) in [5, 5.41) is 5.68. The first-order chi connectivity index (χ1) is 9.81. The number of fused-ring (bicyclic) bond motifs is 1. The van der Waals surface area contributed by atoms with Gasteiger partial charge in [-0.3, -0.25) is 4.98 Å². The lowest BCUT2D eigenvalue weighted by molar-refractivity contribution is 0.247. The molecule has 20 heavy (non-hydrogen) atoms. The van der Waals surface area contributed by atoms with Gasteiger partial charge in [0.15, 0.2) is 0 Å². The van der Waals surface area contributed by atoms with Gasteiger partial charge in [0.2, 0.25) is 0 Å². The Kier molecular flexibility index (Phi) is 3.62. The van der Waals surface area contributed by atoms with Gasteiger partial charge in [0, 0.05) is 38.1 Å². The van der Waals surface area contributed by atoms with Crippen LogP contribution in [-0.4, -0.2) is 27.1 Å². The first-order valence-electron chi connectivity index (χ1n) is 6.76. The number of nitrogens with zero attached hydrogens (tertiary/aromatic N) is 3. The fourth-order valence-corrected chi connectivity index (χ4v) is 2.45. The molecule has 1 aliphatic rings. The molecule has 3 heterocycles. The first kappa shape index (κ1) is 12.7. The summed E-state index contributed by atoms with van der Waals surface area (Å²) in [6.07, 6.45) is 9.16. The molecule has 2 aromatic heterocycles. The number of rotatable bonds is 3. The Balaban J connectivity index is 1.47. The van der Waals surface area contributed by atoms with Crippen molar-refractivity contribution in [1.29, 1.82) is 0 Å². The van der Waals surface area contributed by atoms with Crippen LogP contribution in [-0.2, 0) is 13.0 Å². The summed E-state index contributed by atoms with van der Waals surface area (Å²) in [5.74, 6) is 1.59. The molecule has 0 bridgehead atoms. The summed E-state index contributed by atoms with van der Waals surface area (Å²) in [5.41, 5.74) is 0.700. The Labute approximate surface area is 117 Å². The van der Waals surface area contributed by atoms with Crippen molar-refractivity contribution in [3.8, 4) is 0 Å². The van der Waals surface area contributed by atoms with Crippen LogP contribution in [0.4, 0.5) is 10.5 Å². The number of amides is 2. The summed E-state index contributed by atoms with van der Waals surface area (Å²) in [7, 11) is 0. The SMILES string of the molecule is O=C(NC[C@@H]1CCc2nccn2C1)Nc1cccnc1. The predicted octanol–water partition coefficient (Wildman–Crippen LogP) is 1.66. The molecule has 0 fully saturated rings. The zero-order valence-corrected chi connectivity index (χ0v) is 11.1. The molecule has 0 radical (unpaired) electrons. The number of imidazole rings is 1. The van der Waals surface area contributed by atoms with Gasteiger partial charge < -0.3 is 15.2 Å². The molecule has 6 heteroatoms. The van der Waals surface area contributed by atoms with Gasteiger partial charge in [0.25, 0.3) is 0 Å². The van der Waals surface area contributed by atoms with Crippen molar-refractivity contribution >= 4 is 11.7 Å². The number of nitrogens with one attached hydrogen (secondary N) is 2. The quantitative estimate of drug-likeness (QED) is 0.891. The van der Waals surface area contributed by atoms with Crippen molar-refractivity contribution in [2.75, 3.05) is 11.9 Å². The average Bonchev–Trinajstić information content (AvgIpc) is 2.93. The minimum Gasteiger partial charge on any atom is -0.338 e. The molecule has 2 amide bonds. The van der Waals surface area contributed by atoms with Gasteiger partial charge in [0.05, 0.1) is 11.9 Å².